The number of hydrogen-bond acceptors (Lipinski definition) is 6. The van der Waals surface area contributed by atoms with E-state index in [1.165, 1.54) is 17.8 Å². The molecule has 0 aliphatic carbocycles. The molecule has 1 aliphatic heterocycles. The summed E-state index contributed by atoms with van der Waals surface area (Å²) in [6.45, 7) is 7.63. The summed E-state index contributed by atoms with van der Waals surface area (Å²) in [6.07, 6.45) is 0.264. The van der Waals surface area contributed by atoms with Crippen LogP contribution in [0.4, 0.5) is 10.2 Å². The van der Waals surface area contributed by atoms with Gasteiger partial charge in [-0.1, -0.05) is 30.0 Å². The Morgan fingerprint density at radius 1 is 1.31 bits per heavy atom. The molecule has 0 radical (unpaired) electrons. The fourth-order valence-electron chi connectivity index (χ4n) is 3.62. The third kappa shape index (κ3) is 4.98. The van der Waals surface area contributed by atoms with Gasteiger partial charge in [-0.15, -0.1) is 0 Å². The van der Waals surface area contributed by atoms with Crippen LogP contribution >= 0.6 is 11.8 Å². The summed E-state index contributed by atoms with van der Waals surface area (Å²) in [5.74, 6) is -0.266. The molecule has 172 valence electrons. The molecule has 2 atom stereocenters. The van der Waals surface area contributed by atoms with Crippen LogP contribution in [0.1, 0.15) is 60.9 Å². The molecule has 3 rings (SSSR count). The maximum absolute atomic E-state index is 15.0. The van der Waals surface area contributed by atoms with Crippen LogP contribution in [0.25, 0.3) is 0 Å². The molecule has 2 unspecified atom stereocenters. The molecule has 6 nitrogen and oxygen atoms in total. The molecular formula is C24H30FN3O3S. The van der Waals surface area contributed by atoms with Gasteiger partial charge in [0.1, 0.15) is 11.6 Å². The predicted molar refractivity (Wildman–Crippen MR) is 126 cm³/mol. The zero-order valence-corrected chi connectivity index (χ0v) is 20.1. The Labute approximate surface area is 192 Å². The zero-order chi connectivity index (χ0) is 23.6. The van der Waals surface area contributed by atoms with Crippen molar-refractivity contribution in [2.75, 3.05) is 19.5 Å². The van der Waals surface area contributed by atoms with Crippen molar-refractivity contribution in [2.45, 2.75) is 51.1 Å². The lowest BCUT2D eigenvalue weighted by molar-refractivity contribution is -0.114. The minimum atomic E-state index is -0.596. The van der Waals surface area contributed by atoms with E-state index < -0.39 is 11.5 Å². The second-order valence-electron chi connectivity index (χ2n) is 8.31. The van der Waals surface area contributed by atoms with Crippen LogP contribution in [0.2, 0.25) is 0 Å². The summed E-state index contributed by atoms with van der Waals surface area (Å²) in [7, 11) is 3.25. The number of nitrogens with two attached hydrogens (primary N) is 1. The van der Waals surface area contributed by atoms with E-state index in [2.05, 4.69) is 10.3 Å². The average Bonchev–Trinajstić information content (AvgIpc) is 3.17. The van der Waals surface area contributed by atoms with Crippen molar-refractivity contribution in [3.8, 4) is 0 Å². The second kappa shape index (κ2) is 9.60. The third-order valence-corrected chi connectivity index (χ3v) is 7.22. The molecule has 0 spiro atoms. The lowest BCUT2D eigenvalue weighted by Crippen LogP contribution is -2.19. The first-order valence-corrected chi connectivity index (χ1v) is 11.3. The second-order valence-corrected chi connectivity index (χ2v) is 9.52. The van der Waals surface area contributed by atoms with Gasteiger partial charge in [0.15, 0.2) is 0 Å². The number of nitrogens with one attached hydrogen (secondary N) is 1. The normalized spacial score (nSPS) is 17.5. The lowest BCUT2D eigenvalue weighted by atomic mass is 9.95. The van der Waals surface area contributed by atoms with Gasteiger partial charge in [0, 0.05) is 41.9 Å². The number of methoxy groups -OCH3 is 2. The number of amides is 1. The van der Waals surface area contributed by atoms with Crippen molar-refractivity contribution in [3.05, 3.63) is 69.1 Å². The Morgan fingerprint density at radius 3 is 2.59 bits per heavy atom. The quantitative estimate of drug-likeness (QED) is 0.571. The standard InChI is InChI=1S/C24H30FN3O3S/c1-13-16(14(2)30-5)9-10-21(27-13)28-23-18(22(26)29)12-20(32-23)17-8-7-15(11-19(17)25)24(3,4)31-6/h7-11,14,20H,12H2,1-6H3,(H2,26,29)(H,27,28). The highest BCUT2D eigenvalue weighted by Crippen LogP contribution is 2.48. The van der Waals surface area contributed by atoms with E-state index in [0.29, 0.717) is 28.4 Å². The van der Waals surface area contributed by atoms with Crippen LogP contribution in [0.3, 0.4) is 0 Å². The fourth-order valence-corrected chi connectivity index (χ4v) is 4.96. The van der Waals surface area contributed by atoms with Gasteiger partial charge < -0.3 is 20.5 Å². The van der Waals surface area contributed by atoms with Crippen molar-refractivity contribution in [1.82, 2.24) is 4.98 Å². The predicted octanol–water partition coefficient (Wildman–Crippen LogP) is 5.11. The van der Waals surface area contributed by atoms with E-state index in [1.807, 2.05) is 45.9 Å². The summed E-state index contributed by atoms with van der Waals surface area (Å²) in [5, 5.41) is 3.54. The van der Waals surface area contributed by atoms with E-state index in [1.54, 1.807) is 20.3 Å². The number of pyridine rings is 1. The van der Waals surface area contributed by atoms with Crippen molar-refractivity contribution >= 4 is 23.5 Å². The maximum atomic E-state index is 15.0. The molecular weight excluding hydrogens is 429 g/mol. The average molecular weight is 460 g/mol. The highest BCUT2D eigenvalue weighted by molar-refractivity contribution is 8.03. The number of anilines is 1. The number of rotatable bonds is 8. The number of aryl methyl sites for hydroxylation is 1. The molecule has 3 N–H and O–H groups in total. The number of benzene rings is 1. The number of thioether (sulfide) groups is 1. The summed E-state index contributed by atoms with van der Waals surface area (Å²) in [6, 6.07) is 8.89. The number of aromatic nitrogens is 1. The first-order valence-electron chi connectivity index (χ1n) is 10.4. The highest BCUT2D eigenvalue weighted by atomic mass is 32.2. The van der Waals surface area contributed by atoms with Crippen LogP contribution in [0.5, 0.6) is 0 Å². The van der Waals surface area contributed by atoms with Crippen molar-refractivity contribution in [1.29, 1.82) is 0 Å². The molecule has 1 aliphatic rings. The topological polar surface area (TPSA) is 86.5 Å². The van der Waals surface area contributed by atoms with Crippen LogP contribution in [0.15, 0.2) is 40.9 Å². The van der Waals surface area contributed by atoms with Crippen LogP contribution < -0.4 is 11.1 Å². The van der Waals surface area contributed by atoms with Crippen LogP contribution in [-0.4, -0.2) is 25.1 Å². The first-order chi connectivity index (χ1) is 15.1. The Bertz CT molecular complexity index is 1050. The number of halogens is 1. The number of primary amides is 1. The van der Waals surface area contributed by atoms with E-state index in [-0.39, 0.29) is 17.2 Å². The summed E-state index contributed by atoms with van der Waals surface area (Å²) in [5.41, 5.74) is 8.56. The maximum Gasteiger partial charge on any atom is 0.247 e. The van der Waals surface area contributed by atoms with Crippen molar-refractivity contribution in [2.24, 2.45) is 5.73 Å². The molecule has 0 saturated carbocycles. The SMILES string of the molecule is COC(C)c1ccc(NC2=C(C(N)=O)CC(c3ccc(C(C)(C)OC)cc3F)S2)nc1C. The van der Waals surface area contributed by atoms with E-state index in [4.69, 9.17) is 15.2 Å². The number of ether oxygens (including phenoxy) is 2. The number of nitrogens with zero attached hydrogens (tertiary/aromatic N) is 1. The molecule has 0 bridgehead atoms. The number of hydrogen-bond donors (Lipinski definition) is 2. The minimum Gasteiger partial charge on any atom is -0.377 e. The Balaban J connectivity index is 1.84. The molecule has 1 aromatic carbocycles. The fraction of sp³-hybridized carbons (Fsp3) is 0.417. The van der Waals surface area contributed by atoms with Gasteiger partial charge in [-0.3, -0.25) is 4.79 Å². The van der Waals surface area contributed by atoms with Crippen molar-refractivity contribution < 1.29 is 18.7 Å². The number of carbonyl (C=O) groups is 1. The molecule has 0 saturated heterocycles. The van der Waals surface area contributed by atoms with Gasteiger partial charge in [0.05, 0.1) is 16.7 Å². The van der Waals surface area contributed by atoms with Gasteiger partial charge in [-0.25, -0.2) is 9.37 Å². The summed E-state index contributed by atoms with van der Waals surface area (Å²) < 4.78 is 25.8. The monoisotopic (exact) mass is 459 g/mol. The lowest BCUT2D eigenvalue weighted by Gasteiger charge is -2.24. The molecule has 1 amide bonds. The Hall–Kier alpha value is -2.42. The molecule has 2 aromatic rings. The molecule has 8 heteroatoms. The summed E-state index contributed by atoms with van der Waals surface area (Å²) >= 11 is 1.38. The molecule has 2 heterocycles. The summed E-state index contributed by atoms with van der Waals surface area (Å²) in [4.78, 5) is 16.7. The van der Waals surface area contributed by atoms with E-state index in [0.717, 1.165) is 16.8 Å². The molecule has 0 fully saturated rings. The highest BCUT2D eigenvalue weighted by Gasteiger charge is 2.32. The first kappa shape index (κ1) is 24.2. The van der Waals surface area contributed by atoms with Crippen molar-refractivity contribution in [3.63, 3.8) is 0 Å². The van der Waals surface area contributed by atoms with Gasteiger partial charge >= 0.3 is 0 Å². The van der Waals surface area contributed by atoms with Gasteiger partial charge in [0.25, 0.3) is 0 Å². The van der Waals surface area contributed by atoms with Crippen LogP contribution in [-0.2, 0) is 19.9 Å². The third-order valence-electron chi connectivity index (χ3n) is 5.93. The van der Waals surface area contributed by atoms with Gasteiger partial charge in [-0.05, 0) is 51.8 Å². The number of carbonyl (C=O) groups excluding carboxylic acids is 1. The van der Waals surface area contributed by atoms with E-state index in [9.17, 15) is 4.79 Å². The Morgan fingerprint density at radius 2 is 2.03 bits per heavy atom. The minimum absolute atomic E-state index is 0.0729. The van der Waals surface area contributed by atoms with Gasteiger partial charge in [0.2, 0.25) is 5.91 Å². The zero-order valence-electron chi connectivity index (χ0n) is 19.3. The Kier molecular flexibility index (Phi) is 7.27. The molecule has 32 heavy (non-hydrogen) atoms. The van der Waals surface area contributed by atoms with E-state index >= 15 is 4.39 Å². The smallest absolute Gasteiger partial charge is 0.247 e. The van der Waals surface area contributed by atoms with Crippen LogP contribution in [0, 0.1) is 12.7 Å². The molecule has 1 aromatic heterocycles. The largest absolute Gasteiger partial charge is 0.377 e. The van der Waals surface area contributed by atoms with Gasteiger partial charge in [-0.2, -0.15) is 0 Å².